The van der Waals surface area contributed by atoms with Crippen molar-refractivity contribution in [3.63, 3.8) is 0 Å². The Morgan fingerprint density at radius 2 is 2.03 bits per heavy atom. The molecule has 0 aliphatic carbocycles. The molecule has 0 saturated heterocycles. The summed E-state index contributed by atoms with van der Waals surface area (Å²) in [5.41, 5.74) is 3.37. The minimum Gasteiger partial charge on any atom is -0.465 e. The van der Waals surface area contributed by atoms with E-state index in [0.717, 1.165) is 27.5 Å². The van der Waals surface area contributed by atoms with E-state index in [0.29, 0.717) is 5.69 Å². The van der Waals surface area contributed by atoms with Crippen molar-refractivity contribution < 1.29 is 14.7 Å². The summed E-state index contributed by atoms with van der Waals surface area (Å²) in [5, 5.41) is 12.3. The zero-order valence-corrected chi connectivity index (χ0v) is 18.9. The largest absolute Gasteiger partial charge is 0.465 e. The molecule has 8 nitrogen and oxygen atoms in total. The predicted octanol–water partition coefficient (Wildman–Crippen LogP) is 4.04. The number of carboxylic acid groups (broad SMARTS) is 1. The maximum atomic E-state index is 12.9. The Hall–Kier alpha value is -3.86. The molecule has 0 fully saturated rings. The number of aryl methyl sites for hydroxylation is 1. The number of fused-ring (bicyclic) bond motifs is 1. The number of pyridine rings is 2. The first-order valence-corrected chi connectivity index (χ1v) is 10.2. The lowest BCUT2D eigenvalue weighted by Crippen LogP contribution is -2.48. The normalized spacial score (nSPS) is 12.2. The van der Waals surface area contributed by atoms with Crippen molar-refractivity contribution in [2.75, 3.05) is 11.9 Å². The van der Waals surface area contributed by atoms with Crippen molar-refractivity contribution in [1.82, 2.24) is 19.3 Å². The number of hydrogen-bond donors (Lipinski definition) is 2. The lowest BCUT2D eigenvalue weighted by molar-refractivity contribution is -0.120. The lowest BCUT2D eigenvalue weighted by atomic mass is 9.95. The highest BCUT2D eigenvalue weighted by Crippen LogP contribution is 2.25. The molecule has 3 heterocycles. The highest BCUT2D eigenvalue weighted by molar-refractivity contribution is 5.96. The highest BCUT2D eigenvalue weighted by atomic mass is 16.4. The van der Waals surface area contributed by atoms with E-state index in [-0.39, 0.29) is 17.8 Å². The average Bonchev–Trinajstić information content (AvgIpc) is 3.16. The third-order valence-electron chi connectivity index (χ3n) is 4.98. The van der Waals surface area contributed by atoms with E-state index in [2.05, 4.69) is 21.2 Å². The number of aromatic nitrogens is 3. The molecule has 3 aromatic heterocycles. The number of hydrogen-bond acceptors (Lipinski definition) is 4. The van der Waals surface area contributed by atoms with Crippen molar-refractivity contribution in [2.24, 2.45) is 5.41 Å². The van der Waals surface area contributed by atoms with Gasteiger partial charge in [0.1, 0.15) is 23.2 Å². The molecule has 8 heteroatoms. The fraction of sp³-hybridized carbons (Fsp3) is 0.333. The van der Waals surface area contributed by atoms with Gasteiger partial charge >= 0.3 is 6.09 Å². The van der Waals surface area contributed by atoms with Crippen LogP contribution in [-0.2, 0) is 4.79 Å². The van der Waals surface area contributed by atoms with E-state index >= 15 is 0 Å². The van der Waals surface area contributed by atoms with Crippen LogP contribution in [0.4, 0.5) is 10.6 Å². The molecule has 0 spiro atoms. The Morgan fingerprint density at radius 1 is 1.31 bits per heavy atom. The second-order valence-corrected chi connectivity index (χ2v) is 8.91. The van der Waals surface area contributed by atoms with Crippen LogP contribution in [0.2, 0.25) is 0 Å². The lowest BCUT2D eigenvalue weighted by Gasteiger charge is -2.31. The molecule has 0 bridgehead atoms. The van der Waals surface area contributed by atoms with Crippen LogP contribution in [0.1, 0.15) is 39.1 Å². The number of carbonyl (C=O) groups excluding carboxylic acids is 1. The van der Waals surface area contributed by atoms with Gasteiger partial charge in [0, 0.05) is 17.8 Å². The van der Waals surface area contributed by atoms with E-state index in [4.69, 9.17) is 6.42 Å². The molecule has 1 atom stereocenters. The van der Waals surface area contributed by atoms with Crippen LogP contribution in [0.5, 0.6) is 0 Å². The summed E-state index contributed by atoms with van der Waals surface area (Å²) < 4.78 is 1.99. The topological polar surface area (TPSA) is 99.8 Å². The molecule has 0 aliphatic rings. The Kier molecular flexibility index (Phi) is 6.21. The number of terminal acetylenes is 1. The molecule has 0 radical (unpaired) electrons. The number of nitrogens with zero attached hydrogens (tertiary/aromatic N) is 4. The van der Waals surface area contributed by atoms with Crippen LogP contribution in [0.25, 0.3) is 16.9 Å². The van der Waals surface area contributed by atoms with E-state index in [1.54, 1.807) is 25.3 Å². The van der Waals surface area contributed by atoms with E-state index in [1.807, 2.05) is 50.3 Å². The van der Waals surface area contributed by atoms with E-state index in [9.17, 15) is 14.7 Å². The molecule has 3 aromatic rings. The van der Waals surface area contributed by atoms with Gasteiger partial charge in [-0.1, -0.05) is 32.8 Å². The second kappa shape index (κ2) is 8.71. The van der Waals surface area contributed by atoms with Crippen LogP contribution < -0.4 is 5.32 Å². The van der Waals surface area contributed by atoms with Crippen molar-refractivity contribution in [3.05, 3.63) is 47.9 Å². The van der Waals surface area contributed by atoms with Crippen LogP contribution >= 0.6 is 0 Å². The Morgan fingerprint density at radius 3 is 2.66 bits per heavy atom. The molecule has 0 aliphatic heterocycles. The van der Waals surface area contributed by atoms with E-state index < -0.39 is 18.0 Å². The van der Waals surface area contributed by atoms with Crippen molar-refractivity contribution in [1.29, 1.82) is 0 Å². The van der Waals surface area contributed by atoms with Gasteiger partial charge in [0.25, 0.3) is 0 Å². The monoisotopic (exact) mass is 433 g/mol. The van der Waals surface area contributed by atoms with Crippen LogP contribution in [0.15, 0.2) is 36.5 Å². The van der Waals surface area contributed by atoms with Crippen molar-refractivity contribution >= 4 is 23.5 Å². The third kappa shape index (κ3) is 4.89. The van der Waals surface area contributed by atoms with Gasteiger partial charge in [0.15, 0.2) is 0 Å². The Bertz CT molecular complexity index is 1220. The summed E-state index contributed by atoms with van der Waals surface area (Å²) in [6.45, 7) is 9.47. The summed E-state index contributed by atoms with van der Waals surface area (Å²) in [6, 6.07) is 8.35. The standard InChI is InChI=1S/C24H27N5O3/c1-7-18-11-17(19-13-25-21-10-8-9-15(2)29(19)21)12-20(26-18)27-22(30)16(3)28(23(31)32)14-24(4,5)6/h1,8-13,16H,14H2,2-6H3,(H,31,32)(H,26,27,30). The number of carbonyl (C=O) groups is 2. The second-order valence-electron chi connectivity index (χ2n) is 8.91. The molecular formula is C24H27N5O3. The maximum Gasteiger partial charge on any atom is 0.407 e. The zero-order valence-electron chi connectivity index (χ0n) is 18.9. The Balaban J connectivity index is 1.94. The summed E-state index contributed by atoms with van der Waals surface area (Å²) in [4.78, 5) is 34.5. The van der Waals surface area contributed by atoms with Gasteiger partial charge in [-0.15, -0.1) is 6.42 Å². The van der Waals surface area contributed by atoms with Gasteiger partial charge in [-0.3, -0.25) is 14.1 Å². The van der Waals surface area contributed by atoms with Gasteiger partial charge < -0.3 is 10.4 Å². The van der Waals surface area contributed by atoms with Crippen molar-refractivity contribution in [3.8, 4) is 23.6 Å². The van der Waals surface area contributed by atoms with Gasteiger partial charge in [-0.05, 0) is 43.5 Å². The highest BCUT2D eigenvalue weighted by Gasteiger charge is 2.29. The maximum absolute atomic E-state index is 12.9. The molecule has 3 rings (SSSR count). The smallest absolute Gasteiger partial charge is 0.407 e. The van der Waals surface area contributed by atoms with Crippen LogP contribution in [0.3, 0.4) is 0 Å². The summed E-state index contributed by atoms with van der Waals surface area (Å²) in [6.07, 6.45) is 6.18. The third-order valence-corrected chi connectivity index (χ3v) is 4.98. The first kappa shape index (κ1) is 22.8. The quantitative estimate of drug-likeness (QED) is 0.592. The summed E-state index contributed by atoms with van der Waals surface area (Å²) in [7, 11) is 0. The van der Waals surface area contributed by atoms with Crippen molar-refractivity contribution in [2.45, 2.75) is 40.7 Å². The van der Waals surface area contributed by atoms with Gasteiger partial charge in [-0.2, -0.15) is 0 Å². The van der Waals surface area contributed by atoms with Crippen LogP contribution in [-0.4, -0.2) is 49.0 Å². The SMILES string of the molecule is C#Cc1cc(-c2cnc3cccc(C)n23)cc(NC(=O)C(C)N(CC(C)(C)C)C(=O)O)n1. The number of nitrogens with one attached hydrogen (secondary N) is 1. The molecular weight excluding hydrogens is 406 g/mol. The van der Waals surface area contributed by atoms with Crippen LogP contribution in [0, 0.1) is 24.7 Å². The molecule has 2 N–H and O–H groups in total. The molecule has 32 heavy (non-hydrogen) atoms. The molecule has 166 valence electrons. The molecule has 2 amide bonds. The Labute approximate surface area is 187 Å². The number of rotatable bonds is 5. The minimum absolute atomic E-state index is 0.209. The fourth-order valence-corrected chi connectivity index (χ4v) is 3.48. The number of anilines is 1. The summed E-state index contributed by atoms with van der Waals surface area (Å²) >= 11 is 0. The predicted molar refractivity (Wildman–Crippen MR) is 123 cm³/mol. The van der Waals surface area contributed by atoms with Gasteiger partial charge in [-0.25, -0.2) is 14.8 Å². The molecule has 0 aromatic carbocycles. The van der Waals surface area contributed by atoms with Gasteiger partial charge in [0.2, 0.25) is 5.91 Å². The zero-order chi connectivity index (χ0) is 23.6. The molecule has 0 saturated carbocycles. The van der Waals surface area contributed by atoms with Gasteiger partial charge in [0.05, 0.1) is 11.9 Å². The first-order chi connectivity index (χ1) is 15.0. The minimum atomic E-state index is -1.16. The number of imidazole rings is 1. The summed E-state index contributed by atoms with van der Waals surface area (Å²) in [5.74, 6) is 2.27. The number of amides is 2. The fourth-order valence-electron chi connectivity index (χ4n) is 3.48. The average molecular weight is 434 g/mol. The molecule has 1 unspecified atom stereocenters. The van der Waals surface area contributed by atoms with E-state index in [1.165, 1.54) is 0 Å². The first-order valence-electron chi connectivity index (χ1n) is 10.2.